The van der Waals surface area contributed by atoms with E-state index in [1.807, 2.05) is 0 Å². The van der Waals surface area contributed by atoms with Gasteiger partial charge in [0.1, 0.15) is 6.61 Å². The molecular formula is C17H33O6P. The first-order valence-electron chi connectivity index (χ1n) is 8.96. The van der Waals surface area contributed by atoms with Gasteiger partial charge in [-0.2, -0.15) is 0 Å². The molecule has 7 heteroatoms. The lowest BCUT2D eigenvalue weighted by Gasteiger charge is -2.06. The lowest BCUT2D eigenvalue weighted by atomic mass is 10.1. The average Bonchev–Trinajstić information content (AvgIpc) is 2.52. The monoisotopic (exact) mass is 364 g/mol. The van der Waals surface area contributed by atoms with E-state index in [0.717, 1.165) is 25.7 Å². The van der Waals surface area contributed by atoms with Crippen molar-refractivity contribution in [2.75, 3.05) is 13.2 Å². The Morgan fingerprint density at radius 1 is 0.917 bits per heavy atom. The quantitative estimate of drug-likeness (QED) is 0.181. The van der Waals surface area contributed by atoms with Gasteiger partial charge in [-0.3, -0.25) is 9.32 Å². The maximum Gasteiger partial charge on any atom is 0.469 e. The summed E-state index contributed by atoms with van der Waals surface area (Å²) in [5.41, 5.74) is 0. The molecule has 0 aromatic carbocycles. The number of ether oxygens (including phenoxy) is 1. The average molecular weight is 364 g/mol. The van der Waals surface area contributed by atoms with E-state index in [2.05, 4.69) is 23.6 Å². The minimum Gasteiger partial charge on any atom is -0.463 e. The van der Waals surface area contributed by atoms with Gasteiger partial charge in [-0.25, -0.2) is 4.57 Å². The third-order valence-corrected chi connectivity index (χ3v) is 4.02. The molecule has 0 atom stereocenters. The van der Waals surface area contributed by atoms with Crippen LogP contribution >= 0.6 is 7.82 Å². The van der Waals surface area contributed by atoms with Crippen LogP contribution in [0.2, 0.25) is 0 Å². The minimum atomic E-state index is -4.47. The first kappa shape index (κ1) is 23.3. The Morgan fingerprint density at radius 3 is 2.12 bits per heavy atom. The van der Waals surface area contributed by atoms with Crippen LogP contribution in [0.15, 0.2) is 12.2 Å². The summed E-state index contributed by atoms with van der Waals surface area (Å²) < 4.78 is 19.4. The second kappa shape index (κ2) is 15.8. The summed E-state index contributed by atoms with van der Waals surface area (Å²) in [7, 11) is -4.47. The molecule has 0 aromatic rings. The molecule has 0 unspecified atom stereocenters. The summed E-state index contributed by atoms with van der Waals surface area (Å²) in [6.45, 7) is 1.79. The molecule has 24 heavy (non-hydrogen) atoms. The van der Waals surface area contributed by atoms with Crippen LogP contribution in [0.4, 0.5) is 0 Å². The predicted molar refractivity (Wildman–Crippen MR) is 94.6 cm³/mol. The second-order valence-corrected chi connectivity index (χ2v) is 7.06. The molecule has 0 saturated heterocycles. The van der Waals surface area contributed by atoms with Crippen LogP contribution in [0.5, 0.6) is 0 Å². The lowest BCUT2D eigenvalue weighted by molar-refractivity contribution is -0.144. The van der Waals surface area contributed by atoms with Gasteiger partial charge in [-0.05, 0) is 32.1 Å². The highest BCUT2D eigenvalue weighted by molar-refractivity contribution is 7.46. The zero-order chi connectivity index (χ0) is 18.1. The minimum absolute atomic E-state index is 0.130. The van der Waals surface area contributed by atoms with Crippen LogP contribution < -0.4 is 0 Å². The van der Waals surface area contributed by atoms with E-state index in [1.165, 1.54) is 38.5 Å². The fourth-order valence-corrected chi connectivity index (χ4v) is 2.51. The van der Waals surface area contributed by atoms with Crippen LogP contribution in [0.3, 0.4) is 0 Å². The maximum absolute atomic E-state index is 11.4. The smallest absolute Gasteiger partial charge is 0.463 e. The number of rotatable bonds is 16. The third-order valence-electron chi connectivity index (χ3n) is 3.50. The van der Waals surface area contributed by atoms with Crippen molar-refractivity contribution in [3.8, 4) is 0 Å². The molecule has 6 nitrogen and oxygen atoms in total. The van der Waals surface area contributed by atoms with E-state index in [4.69, 9.17) is 14.5 Å². The summed E-state index contributed by atoms with van der Waals surface area (Å²) in [6.07, 6.45) is 16.3. The molecular weight excluding hydrogens is 331 g/mol. The highest BCUT2D eigenvalue weighted by atomic mass is 31.2. The van der Waals surface area contributed by atoms with E-state index in [-0.39, 0.29) is 19.2 Å². The van der Waals surface area contributed by atoms with Gasteiger partial charge in [0.2, 0.25) is 0 Å². The predicted octanol–water partition coefficient (Wildman–Crippen LogP) is 4.51. The molecule has 0 radical (unpaired) electrons. The number of hydrogen-bond acceptors (Lipinski definition) is 4. The lowest BCUT2D eigenvalue weighted by Crippen LogP contribution is -2.09. The number of phosphoric acid groups is 1. The number of hydrogen-bond donors (Lipinski definition) is 2. The standard InChI is InChI=1S/C17H33O6P/c1-2-3-4-5-6-7-8-9-10-11-12-13-14-17(18)22-15-16-23-24(19,20)21/h6-7H,2-5,8-16H2,1H3,(H2,19,20,21)/b7-6+. The molecule has 142 valence electrons. The van der Waals surface area contributed by atoms with Crippen molar-refractivity contribution in [3.05, 3.63) is 12.2 Å². The molecule has 0 aliphatic heterocycles. The fraction of sp³-hybridized carbons (Fsp3) is 0.824. The van der Waals surface area contributed by atoms with Crippen molar-refractivity contribution < 1.29 is 28.4 Å². The van der Waals surface area contributed by atoms with Crippen molar-refractivity contribution in [1.29, 1.82) is 0 Å². The first-order valence-corrected chi connectivity index (χ1v) is 10.5. The van der Waals surface area contributed by atoms with Crippen LogP contribution in [-0.2, 0) is 18.6 Å². The number of phosphoric ester groups is 1. The summed E-state index contributed by atoms with van der Waals surface area (Å²) in [4.78, 5) is 28.3. The zero-order valence-corrected chi connectivity index (χ0v) is 15.7. The second-order valence-electron chi connectivity index (χ2n) is 5.82. The number of carbonyl (C=O) groups excluding carboxylic acids is 1. The van der Waals surface area contributed by atoms with Gasteiger partial charge in [-0.15, -0.1) is 0 Å². The highest BCUT2D eigenvalue weighted by Gasteiger charge is 2.13. The van der Waals surface area contributed by atoms with Crippen LogP contribution in [0, 0.1) is 0 Å². The topological polar surface area (TPSA) is 93.1 Å². The largest absolute Gasteiger partial charge is 0.469 e. The molecule has 0 rings (SSSR count). The van der Waals surface area contributed by atoms with Gasteiger partial charge in [0.25, 0.3) is 0 Å². The van der Waals surface area contributed by atoms with Crippen molar-refractivity contribution in [2.45, 2.75) is 77.6 Å². The summed E-state index contributed by atoms with van der Waals surface area (Å²) in [5.74, 6) is -0.348. The number of carbonyl (C=O) groups is 1. The molecule has 0 heterocycles. The summed E-state index contributed by atoms with van der Waals surface area (Å²) in [6, 6.07) is 0. The van der Waals surface area contributed by atoms with Crippen LogP contribution in [-0.4, -0.2) is 29.0 Å². The first-order chi connectivity index (χ1) is 11.5. The van der Waals surface area contributed by atoms with Gasteiger partial charge in [-0.1, -0.05) is 51.2 Å². The van der Waals surface area contributed by atoms with Gasteiger partial charge >= 0.3 is 13.8 Å². The van der Waals surface area contributed by atoms with Gasteiger partial charge in [0, 0.05) is 6.42 Å². The molecule has 0 aliphatic carbocycles. The number of unbranched alkanes of at least 4 members (excludes halogenated alkanes) is 8. The van der Waals surface area contributed by atoms with E-state index in [1.54, 1.807) is 0 Å². The van der Waals surface area contributed by atoms with Crippen LogP contribution in [0.25, 0.3) is 0 Å². The van der Waals surface area contributed by atoms with Gasteiger partial charge < -0.3 is 14.5 Å². The van der Waals surface area contributed by atoms with E-state index in [0.29, 0.717) is 6.42 Å². The number of esters is 1. The molecule has 2 N–H and O–H groups in total. The summed E-state index contributed by atoms with van der Waals surface area (Å²) >= 11 is 0. The molecule has 0 spiro atoms. The van der Waals surface area contributed by atoms with Crippen LogP contribution in [0.1, 0.15) is 77.6 Å². The van der Waals surface area contributed by atoms with Gasteiger partial charge in [0.15, 0.2) is 0 Å². The normalized spacial score (nSPS) is 12.0. The Balaban J connectivity index is 3.29. The SMILES string of the molecule is CCCCC/C=C/CCCCCCCC(=O)OCCOP(=O)(O)O. The summed E-state index contributed by atoms with van der Waals surface area (Å²) in [5, 5.41) is 0. The van der Waals surface area contributed by atoms with Crippen molar-refractivity contribution >= 4 is 13.8 Å². The maximum atomic E-state index is 11.4. The Morgan fingerprint density at radius 2 is 1.50 bits per heavy atom. The molecule has 0 aromatic heterocycles. The van der Waals surface area contributed by atoms with Crippen molar-refractivity contribution in [2.24, 2.45) is 0 Å². The Bertz CT molecular complexity index is 377. The molecule has 0 fully saturated rings. The Hall–Kier alpha value is -0.680. The van der Waals surface area contributed by atoms with E-state index >= 15 is 0 Å². The molecule has 0 saturated carbocycles. The Kier molecular flexibility index (Phi) is 15.4. The van der Waals surface area contributed by atoms with Crippen molar-refractivity contribution in [1.82, 2.24) is 0 Å². The van der Waals surface area contributed by atoms with Gasteiger partial charge in [0.05, 0.1) is 6.61 Å². The van der Waals surface area contributed by atoms with E-state index in [9.17, 15) is 9.36 Å². The third kappa shape index (κ3) is 19.4. The highest BCUT2D eigenvalue weighted by Crippen LogP contribution is 2.35. The molecule has 0 aliphatic rings. The molecule has 0 bridgehead atoms. The van der Waals surface area contributed by atoms with E-state index < -0.39 is 7.82 Å². The number of allylic oxidation sites excluding steroid dienone is 2. The van der Waals surface area contributed by atoms with Crippen molar-refractivity contribution in [3.63, 3.8) is 0 Å². The molecule has 0 amide bonds. The Labute approximate surface area is 145 Å². The fourth-order valence-electron chi connectivity index (χ4n) is 2.19. The zero-order valence-electron chi connectivity index (χ0n) is 14.8.